The molecule has 0 atom stereocenters. The van der Waals surface area contributed by atoms with E-state index in [0.29, 0.717) is 23.7 Å². The van der Waals surface area contributed by atoms with E-state index in [0.717, 1.165) is 22.1 Å². The van der Waals surface area contributed by atoms with E-state index in [-0.39, 0.29) is 5.91 Å². The lowest BCUT2D eigenvalue weighted by atomic mass is 10.1. The summed E-state index contributed by atoms with van der Waals surface area (Å²) < 4.78 is 5.73. The fourth-order valence-electron chi connectivity index (χ4n) is 2.45. The van der Waals surface area contributed by atoms with Gasteiger partial charge in [0.25, 0.3) is 5.91 Å². The Morgan fingerprint density at radius 3 is 2.74 bits per heavy atom. The van der Waals surface area contributed by atoms with Gasteiger partial charge in [0.1, 0.15) is 10.8 Å². The van der Waals surface area contributed by atoms with Crippen molar-refractivity contribution in [2.75, 3.05) is 18.2 Å². The number of anilines is 1. The molecule has 5 nitrogen and oxygen atoms in total. The molecule has 0 spiro atoms. The lowest BCUT2D eigenvalue weighted by Crippen LogP contribution is -2.11. The molecule has 0 saturated heterocycles. The summed E-state index contributed by atoms with van der Waals surface area (Å²) in [4.78, 5) is 12.3. The molecule has 0 aliphatic heterocycles. The molecular weight excluding hydrogens is 378 g/mol. The molecule has 0 radical (unpaired) electrons. The van der Waals surface area contributed by atoms with Crippen molar-refractivity contribution in [3.63, 3.8) is 0 Å². The summed E-state index contributed by atoms with van der Waals surface area (Å²) in [5, 5.41) is 12.3. The molecule has 1 heterocycles. The summed E-state index contributed by atoms with van der Waals surface area (Å²) >= 11 is 3.12. The molecule has 140 valence electrons. The first kappa shape index (κ1) is 19.4. The zero-order valence-electron chi connectivity index (χ0n) is 15.3. The number of benzene rings is 2. The van der Waals surface area contributed by atoms with E-state index in [9.17, 15) is 4.79 Å². The number of amides is 1. The maximum absolute atomic E-state index is 12.3. The van der Waals surface area contributed by atoms with E-state index in [1.807, 2.05) is 55.5 Å². The molecule has 2 aromatic carbocycles. The van der Waals surface area contributed by atoms with Crippen LogP contribution in [0.3, 0.4) is 0 Å². The van der Waals surface area contributed by atoms with Crippen LogP contribution in [0.15, 0.2) is 48.5 Å². The molecule has 0 aliphatic carbocycles. The Bertz CT molecular complexity index is 894. The number of hydrogen-bond donors (Lipinski definition) is 1. The SMILES string of the molecule is CSCc1ccc(C(=O)Nc2nnc(CCOc3cccc(C)c3)s2)cc1. The van der Waals surface area contributed by atoms with Gasteiger partial charge in [0.15, 0.2) is 0 Å². The molecule has 0 unspecified atom stereocenters. The van der Waals surface area contributed by atoms with Crippen LogP contribution < -0.4 is 10.1 Å². The summed E-state index contributed by atoms with van der Waals surface area (Å²) in [6.07, 6.45) is 2.70. The maximum Gasteiger partial charge on any atom is 0.257 e. The van der Waals surface area contributed by atoms with Gasteiger partial charge in [-0.25, -0.2) is 0 Å². The minimum atomic E-state index is -0.176. The summed E-state index contributed by atoms with van der Waals surface area (Å²) in [7, 11) is 0. The van der Waals surface area contributed by atoms with Crippen molar-refractivity contribution in [2.24, 2.45) is 0 Å². The molecule has 0 fully saturated rings. The van der Waals surface area contributed by atoms with Crippen molar-refractivity contribution in [1.82, 2.24) is 10.2 Å². The summed E-state index contributed by atoms with van der Waals surface area (Å²) in [5.41, 5.74) is 2.97. The van der Waals surface area contributed by atoms with Gasteiger partial charge in [0.05, 0.1) is 6.61 Å². The van der Waals surface area contributed by atoms with Gasteiger partial charge in [-0.15, -0.1) is 10.2 Å². The van der Waals surface area contributed by atoms with Crippen LogP contribution in [0, 0.1) is 6.92 Å². The minimum absolute atomic E-state index is 0.176. The van der Waals surface area contributed by atoms with Gasteiger partial charge in [-0.3, -0.25) is 10.1 Å². The van der Waals surface area contributed by atoms with Crippen LogP contribution in [0.25, 0.3) is 0 Å². The Labute approximate surface area is 167 Å². The fourth-order valence-corrected chi connectivity index (χ4v) is 3.70. The molecule has 0 aliphatic rings. The Morgan fingerprint density at radius 2 is 2.00 bits per heavy atom. The van der Waals surface area contributed by atoms with Gasteiger partial charge < -0.3 is 4.74 Å². The van der Waals surface area contributed by atoms with Gasteiger partial charge in [-0.2, -0.15) is 11.8 Å². The number of hydrogen-bond acceptors (Lipinski definition) is 6. The highest BCUT2D eigenvalue weighted by Crippen LogP contribution is 2.18. The molecule has 3 aromatic rings. The average Bonchev–Trinajstić information content (AvgIpc) is 3.10. The number of nitrogens with one attached hydrogen (secondary N) is 1. The number of carbonyl (C=O) groups is 1. The Morgan fingerprint density at radius 1 is 1.19 bits per heavy atom. The van der Waals surface area contributed by atoms with Crippen molar-refractivity contribution < 1.29 is 9.53 Å². The van der Waals surface area contributed by atoms with Crippen molar-refractivity contribution in [1.29, 1.82) is 0 Å². The first-order valence-electron chi connectivity index (χ1n) is 8.55. The number of ether oxygens (including phenoxy) is 1. The van der Waals surface area contributed by atoms with E-state index in [4.69, 9.17) is 4.74 Å². The second kappa shape index (κ2) is 9.53. The van der Waals surface area contributed by atoms with Gasteiger partial charge in [-0.1, -0.05) is 35.6 Å². The third-order valence-electron chi connectivity index (χ3n) is 3.79. The maximum atomic E-state index is 12.3. The first-order chi connectivity index (χ1) is 13.1. The van der Waals surface area contributed by atoms with Crippen LogP contribution in [0.5, 0.6) is 5.75 Å². The van der Waals surface area contributed by atoms with Crippen LogP contribution in [-0.2, 0) is 12.2 Å². The standard InChI is InChI=1S/C20H21N3O2S2/c1-14-4-3-5-17(12-14)25-11-10-18-22-23-20(27-18)21-19(24)16-8-6-15(7-9-16)13-26-2/h3-9,12H,10-11,13H2,1-2H3,(H,21,23,24). The van der Waals surface area contributed by atoms with Crippen molar-refractivity contribution in [3.8, 4) is 5.75 Å². The number of aryl methyl sites for hydroxylation is 1. The molecule has 0 bridgehead atoms. The van der Waals surface area contributed by atoms with Crippen LogP contribution in [0.1, 0.15) is 26.5 Å². The number of thioether (sulfide) groups is 1. The lowest BCUT2D eigenvalue weighted by Gasteiger charge is -2.05. The summed E-state index contributed by atoms with van der Waals surface area (Å²) in [5.74, 6) is 1.61. The molecule has 27 heavy (non-hydrogen) atoms. The smallest absolute Gasteiger partial charge is 0.257 e. The molecule has 1 amide bonds. The highest BCUT2D eigenvalue weighted by Gasteiger charge is 2.10. The second-order valence-corrected chi connectivity index (χ2v) is 7.93. The van der Waals surface area contributed by atoms with Crippen molar-refractivity contribution >= 4 is 34.1 Å². The molecule has 1 N–H and O–H groups in total. The van der Waals surface area contributed by atoms with E-state index < -0.39 is 0 Å². The molecule has 0 saturated carbocycles. The largest absolute Gasteiger partial charge is 0.493 e. The van der Waals surface area contributed by atoms with E-state index >= 15 is 0 Å². The number of nitrogens with zero attached hydrogens (tertiary/aromatic N) is 2. The zero-order chi connectivity index (χ0) is 19.1. The quantitative estimate of drug-likeness (QED) is 0.600. The second-order valence-electron chi connectivity index (χ2n) is 6.00. The third-order valence-corrected chi connectivity index (χ3v) is 5.31. The Kier molecular flexibility index (Phi) is 6.84. The Hall–Kier alpha value is -2.38. The predicted molar refractivity (Wildman–Crippen MR) is 112 cm³/mol. The highest BCUT2D eigenvalue weighted by atomic mass is 32.2. The highest BCUT2D eigenvalue weighted by molar-refractivity contribution is 7.97. The van der Waals surface area contributed by atoms with Gasteiger partial charge in [0, 0.05) is 17.7 Å². The lowest BCUT2D eigenvalue weighted by molar-refractivity contribution is 0.102. The predicted octanol–water partition coefficient (Wildman–Crippen LogP) is 4.58. The monoisotopic (exact) mass is 399 g/mol. The van der Waals surface area contributed by atoms with Gasteiger partial charge >= 0.3 is 0 Å². The molecular formula is C20H21N3O2S2. The number of aromatic nitrogens is 2. The topological polar surface area (TPSA) is 64.1 Å². The summed E-state index contributed by atoms with van der Waals surface area (Å²) in [6, 6.07) is 15.5. The van der Waals surface area contributed by atoms with Crippen molar-refractivity contribution in [3.05, 3.63) is 70.2 Å². The van der Waals surface area contributed by atoms with Crippen LogP contribution >= 0.6 is 23.1 Å². The molecule has 1 aromatic heterocycles. The van der Waals surface area contributed by atoms with E-state index in [1.165, 1.54) is 16.9 Å². The fraction of sp³-hybridized carbons (Fsp3) is 0.250. The van der Waals surface area contributed by atoms with Crippen LogP contribution in [-0.4, -0.2) is 29.0 Å². The Balaban J connectivity index is 1.50. The van der Waals surface area contributed by atoms with Crippen LogP contribution in [0.2, 0.25) is 0 Å². The van der Waals surface area contributed by atoms with Gasteiger partial charge in [0.2, 0.25) is 5.13 Å². The first-order valence-corrected chi connectivity index (χ1v) is 10.8. The van der Waals surface area contributed by atoms with Crippen LogP contribution in [0.4, 0.5) is 5.13 Å². The number of carbonyl (C=O) groups excluding carboxylic acids is 1. The normalized spacial score (nSPS) is 10.6. The van der Waals surface area contributed by atoms with Gasteiger partial charge in [-0.05, 0) is 48.6 Å². The molecule has 7 heteroatoms. The number of rotatable bonds is 8. The van der Waals surface area contributed by atoms with Crippen molar-refractivity contribution in [2.45, 2.75) is 19.1 Å². The summed E-state index contributed by atoms with van der Waals surface area (Å²) in [6.45, 7) is 2.55. The third kappa shape index (κ3) is 5.80. The van der Waals surface area contributed by atoms with E-state index in [1.54, 1.807) is 11.8 Å². The van der Waals surface area contributed by atoms with E-state index in [2.05, 4.69) is 21.8 Å². The average molecular weight is 400 g/mol. The molecule has 3 rings (SSSR count). The minimum Gasteiger partial charge on any atom is -0.493 e. The zero-order valence-corrected chi connectivity index (χ0v) is 16.9.